The summed E-state index contributed by atoms with van der Waals surface area (Å²) < 4.78 is 40.0. The lowest BCUT2D eigenvalue weighted by Crippen LogP contribution is -2.08. The van der Waals surface area contributed by atoms with Crippen LogP contribution in [0.4, 0.5) is 0 Å². The van der Waals surface area contributed by atoms with Crippen LogP contribution in [-0.2, 0) is 10.4 Å². The van der Waals surface area contributed by atoms with Crippen LogP contribution < -0.4 is 13.1 Å². The number of phenols is 1. The molecule has 0 saturated heterocycles. The van der Waals surface area contributed by atoms with E-state index in [0.717, 1.165) is 22.3 Å². The number of hydrogen-bond donors (Lipinski definition) is 1. The molecule has 0 aromatic heterocycles. The molecule has 4 aromatic rings. The van der Waals surface area contributed by atoms with Gasteiger partial charge in [0.05, 0.1) is 5.56 Å². The minimum Gasteiger partial charge on any atom is -0.504 e. The molecule has 7 heteroatoms. The third kappa shape index (κ3) is 3.21. The van der Waals surface area contributed by atoms with Crippen LogP contribution in [0.15, 0.2) is 91.0 Å². The van der Waals surface area contributed by atoms with E-state index in [1.165, 1.54) is 0 Å². The highest BCUT2D eigenvalue weighted by Crippen LogP contribution is 2.67. The molecule has 2 aliphatic heterocycles. The quantitative estimate of drug-likeness (QED) is 0.283. The summed E-state index contributed by atoms with van der Waals surface area (Å²) in [5, 5.41) is 11.2. The van der Waals surface area contributed by atoms with Gasteiger partial charge in [-0.3, -0.25) is 0 Å². The van der Waals surface area contributed by atoms with Crippen molar-refractivity contribution in [1.82, 2.24) is 0 Å². The SMILES string of the molecule is O=S1(=O)Oc2c3c(c(O)c(C(=C(c4ccccc4)c4ccccc4)c4ccccc4)c2O1)O3. The van der Waals surface area contributed by atoms with Crippen molar-refractivity contribution >= 4 is 21.5 Å². The monoisotopic (exact) mass is 456 g/mol. The first-order valence-electron chi connectivity index (χ1n) is 10.2. The van der Waals surface area contributed by atoms with Crippen molar-refractivity contribution in [2.75, 3.05) is 0 Å². The smallest absolute Gasteiger partial charge is 0.501 e. The molecule has 1 N–H and O–H groups in total. The van der Waals surface area contributed by atoms with E-state index in [9.17, 15) is 13.5 Å². The van der Waals surface area contributed by atoms with Gasteiger partial charge in [0, 0.05) is 5.57 Å². The van der Waals surface area contributed by atoms with Gasteiger partial charge in [0.25, 0.3) is 0 Å². The maximum Gasteiger partial charge on any atom is 0.501 e. The van der Waals surface area contributed by atoms with Crippen molar-refractivity contribution in [2.24, 2.45) is 0 Å². The first-order valence-corrected chi connectivity index (χ1v) is 11.5. The van der Waals surface area contributed by atoms with Gasteiger partial charge in [-0.2, -0.15) is 0 Å². The maximum atomic E-state index is 12.2. The third-order valence-electron chi connectivity index (χ3n) is 5.52. The van der Waals surface area contributed by atoms with Crippen LogP contribution in [0.5, 0.6) is 28.7 Å². The van der Waals surface area contributed by atoms with Crippen LogP contribution in [0.25, 0.3) is 11.1 Å². The van der Waals surface area contributed by atoms with Gasteiger partial charge in [-0.15, -0.1) is 8.42 Å². The Morgan fingerprint density at radius 1 is 0.576 bits per heavy atom. The molecule has 0 spiro atoms. The molecule has 0 fully saturated rings. The van der Waals surface area contributed by atoms with Crippen molar-refractivity contribution in [3.63, 3.8) is 0 Å². The number of phenolic OH excluding ortho intramolecular Hbond substituents is 1. The Kier molecular flexibility index (Phi) is 4.21. The van der Waals surface area contributed by atoms with Crippen LogP contribution in [0, 0.1) is 0 Å². The molecule has 2 heterocycles. The topological polar surface area (TPSA) is 85.4 Å². The summed E-state index contributed by atoms with van der Waals surface area (Å²) in [5.74, 6) is 0.00500. The number of benzene rings is 4. The molecule has 0 amide bonds. The second kappa shape index (κ2) is 7.15. The standard InChI is InChI=1S/C26H16O6S/c27-22-21(23-26(25-24(22)30-25)32-33(28,29)31-23)20(18-14-8-3-9-15-18)19(16-10-4-1-5-11-16)17-12-6-2-7-13-17/h1-15,27H. The Morgan fingerprint density at radius 3 is 1.55 bits per heavy atom. The van der Waals surface area contributed by atoms with Crippen molar-refractivity contribution in [3.8, 4) is 28.7 Å². The molecule has 0 unspecified atom stereocenters. The fraction of sp³-hybridized carbons (Fsp3) is 0. The molecule has 33 heavy (non-hydrogen) atoms. The van der Waals surface area contributed by atoms with Crippen LogP contribution in [0.2, 0.25) is 0 Å². The van der Waals surface area contributed by atoms with Gasteiger partial charge in [-0.05, 0) is 22.3 Å². The van der Waals surface area contributed by atoms with Crippen molar-refractivity contribution < 1.29 is 26.6 Å². The fourth-order valence-electron chi connectivity index (χ4n) is 4.11. The average Bonchev–Trinajstić information content (AvgIpc) is 3.58. The summed E-state index contributed by atoms with van der Waals surface area (Å²) in [6, 6.07) is 28.8. The first kappa shape index (κ1) is 19.5. The summed E-state index contributed by atoms with van der Waals surface area (Å²) in [7, 11) is -4.32. The number of hydrogen-bond acceptors (Lipinski definition) is 6. The number of rotatable bonds is 4. The minimum atomic E-state index is -4.32. The molecule has 6 rings (SSSR count). The molecule has 0 atom stereocenters. The van der Waals surface area contributed by atoms with E-state index >= 15 is 0 Å². The molecule has 0 radical (unpaired) electrons. The molecule has 0 bridgehead atoms. The summed E-state index contributed by atoms with van der Waals surface area (Å²) in [6.07, 6.45) is 0. The van der Waals surface area contributed by atoms with E-state index < -0.39 is 10.4 Å². The molecule has 2 aliphatic rings. The predicted molar refractivity (Wildman–Crippen MR) is 123 cm³/mol. The summed E-state index contributed by atoms with van der Waals surface area (Å²) in [4.78, 5) is 0. The Bertz CT molecular complexity index is 1490. The van der Waals surface area contributed by atoms with Gasteiger partial charge in [-0.25, -0.2) is 0 Å². The maximum absolute atomic E-state index is 12.2. The number of aromatic hydroxyl groups is 1. The van der Waals surface area contributed by atoms with Crippen LogP contribution in [0.1, 0.15) is 22.3 Å². The molecule has 162 valence electrons. The van der Waals surface area contributed by atoms with Gasteiger partial charge < -0.3 is 18.2 Å². The van der Waals surface area contributed by atoms with E-state index in [-0.39, 0.29) is 34.3 Å². The van der Waals surface area contributed by atoms with Gasteiger partial charge in [-0.1, -0.05) is 91.0 Å². The van der Waals surface area contributed by atoms with E-state index in [4.69, 9.17) is 13.1 Å². The zero-order valence-electron chi connectivity index (χ0n) is 17.1. The highest BCUT2D eigenvalue weighted by atomic mass is 32.3. The molecule has 6 nitrogen and oxygen atoms in total. The summed E-state index contributed by atoms with van der Waals surface area (Å²) in [5.41, 5.74) is 4.07. The Labute approximate surface area is 190 Å². The van der Waals surface area contributed by atoms with E-state index in [2.05, 4.69) is 0 Å². The van der Waals surface area contributed by atoms with Gasteiger partial charge >= 0.3 is 10.4 Å². The van der Waals surface area contributed by atoms with Gasteiger partial charge in [0.2, 0.25) is 23.0 Å². The van der Waals surface area contributed by atoms with E-state index in [1.54, 1.807) is 0 Å². The van der Waals surface area contributed by atoms with Crippen molar-refractivity contribution in [2.45, 2.75) is 0 Å². The van der Waals surface area contributed by atoms with Crippen LogP contribution >= 0.6 is 0 Å². The molecule has 0 aliphatic carbocycles. The van der Waals surface area contributed by atoms with Gasteiger partial charge in [0.15, 0.2) is 5.75 Å². The van der Waals surface area contributed by atoms with E-state index in [0.29, 0.717) is 5.57 Å². The first-order chi connectivity index (χ1) is 16.0. The third-order valence-corrected chi connectivity index (χ3v) is 6.26. The number of fused-ring (bicyclic) bond motifs is 3. The van der Waals surface area contributed by atoms with Crippen molar-refractivity contribution in [3.05, 3.63) is 113 Å². The lowest BCUT2D eigenvalue weighted by molar-refractivity contribution is 0.430. The number of ether oxygens (including phenoxy) is 1. The highest BCUT2D eigenvalue weighted by Gasteiger charge is 2.46. The van der Waals surface area contributed by atoms with Crippen LogP contribution in [0.3, 0.4) is 0 Å². The molecular formula is C26H16O6S. The minimum absolute atomic E-state index is 0.0493. The fourth-order valence-corrected chi connectivity index (χ4v) is 4.86. The second-order valence-electron chi connectivity index (χ2n) is 7.57. The normalized spacial score (nSPS) is 14.2. The molecule has 0 saturated carbocycles. The second-order valence-corrected chi connectivity index (χ2v) is 8.71. The summed E-state index contributed by atoms with van der Waals surface area (Å²) >= 11 is 0. The van der Waals surface area contributed by atoms with Crippen molar-refractivity contribution in [1.29, 1.82) is 0 Å². The highest BCUT2D eigenvalue weighted by molar-refractivity contribution is 7.82. The molecular weight excluding hydrogens is 440 g/mol. The summed E-state index contributed by atoms with van der Waals surface area (Å²) in [6.45, 7) is 0. The largest absolute Gasteiger partial charge is 0.504 e. The Balaban J connectivity index is 1.78. The predicted octanol–water partition coefficient (Wildman–Crippen LogP) is 5.52. The Hall–Kier alpha value is -4.23. The Morgan fingerprint density at radius 2 is 1.03 bits per heavy atom. The van der Waals surface area contributed by atoms with Gasteiger partial charge in [0.1, 0.15) is 0 Å². The van der Waals surface area contributed by atoms with E-state index in [1.807, 2.05) is 91.0 Å². The lowest BCUT2D eigenvalue weighted by atomic mass is 9.85. The van der Waals surface area contributed by atoms with Crippen LogP contribution in [-0.4, -0.2) is 13.5 Å². The lowest BCUT2D eigenvalue weighted by Gasteiger charge is -2.19. The zero-order valence-corrected chi connectivity index (χ0v) is 17.9. The zero-order chi connectivity index (χ0) is 22.6. The molecule has 4 aromatic carbocycles. The average molecular weight is 456 g/mol.